The van der Waals surface area contributed by atoms with Crippen LogP contribution in [-0.2, 0) is 6.42 Å². The van der Waals surface area contributed by atoms with Gasteiger partial charge in [0, 0.05) is 0 Å². The molecule has 2 heteroatoms. The van der Waals surface area contributed by atoms with Crippen molar-refractivity contribution in [3.8, 4) is 0 Å². The highest BCUT2D eigenvalue weighted by molar-refractivity contribution is 5.24. The lowest BCUT2D eigenvalue weighted by Gasteiger charge is -2.29. The summed E-state index contributed by atoms with van der Waals surface area (Å²) in [5.74, 6) is -0.0866. The first kappa shape index (κ1) is 15.5. The molecule has 1 aromatic carbocycles. The number of aryl methyl sites for hydroxylation is 2. The quantitative estimate of drug-likeness (QED) is 0.717. The molecule has 0 heterocycles. The summed E-state index contributed by atoms with van der Waals surface area (Å²) in [7, 11) is 0. The Labute approximate surface area is 123 Å². The molecule has 0 radical (unpaired) electrons. The van der Waals surface area contributed by atoms with Gasteiger partial charge in [-0.25, -0.2) is 4.39 Å². The van der Waals surface area contributed by atoms with Crippen molar-refractivity contribution >= 4 is 0 Å². The minimum Gasteiger partial charge on any atom is -0.317 e. The third kappa shape index (κ3) is 4.05. The van der Waals surface area contributed by atoms with E-state index in [1.807, 2.05) is 19.1 Å². The topological polar surface area (TPSA) is 12.0 Å². The molecule has 0 aromatic heterocycles. The van der Waals surface area contributed by atoms with Crippen LogP contribution in [0.4, 0.5) is 4.39 Å². The Morgan fingerprint density at radius 1 is 1.20 bits per heavy atom. The molecule has 0 saturated heterocycles. The van der Waals surface area contributed by atoms with Crippen LogP contribution >= 0.6 is 0 Å². The van der Waals surface area contributed by atoms with Crippen molar-refractivity contribution in [1.29, 1.82) is 0 Å². The van der Waals surface area contributed by atoms with Gasteiger partial charge in [-0.2, -0.15) is 0 Å². The second kappa shape index (κ2) is 7.21. The molecule has 20 heavy (non-hydrogen) atoms. The van der Waals surface area contributed by atoms with E-state index in [0.29, 0.717) is 5.41 Å². The summed E-state index contributed by atoms with van der Waals surface area (Å²) in [4.78, 5) is 0. The molecule has 0 aliphatic heterocycles. The largest absolute Gasteiger partial charge is 0.317 e. The van der Waals surface area contributed by atoms with Gasteiger partial charge in [0.2, 0.25) is 0 Å². The molecule has 1 N–H and O–H groups in total. The van der Waals surface area contributed by atoms with Crippen LogP contribution < -0.4 is 5.32 Å². The number of nitrogens with one attached hydrogen (secondary N) is 1. The number of halogens is 1. The molecule has 112 valence electrons. The van der Waals surface area contributed by atoms with E-state index >= 15 is 0 Å². The first-order valence-electron chi connectivity index (χ1n) is 8.11. The van der Waals surface area contributed by atoms with Gasteiger partial charge in [0.05, 0.1) is 0 Å². The van der Waals surface area contributed by atoms with Crippen molar-refractivity contribution in [3.63, 3.8) is 0 Å². The Morgan fingerprint density at radius 2 is 1.95 bits per heavy atom. The van der Waals surface area contributed by atoms with Gasteiger partial charge in [0.15, 0.2) is 0 Å². The number of hydrogen-bond donors (Lipinski definition) is 1. The molecule has 1 aromatic rings. The first-order chi connectivity index (χ1) is 9.65. The molecular weight excluding hydrogens is 249 g/mol. The minimum absolute atomic E-state index is 0.0866. The Bertz CT molecular complexity index is 421. The van der Waals surface area contributed by atoms with Gasteiger partial charge in [-0.05, 0) is 74.7 Å². The molecule has 2 rings (SSSR count). The Hall–Kier alpha value is -0.890. The number of benzene rings is 1. The fraction of sp³-hybridized carbons (Fsp3) is 0.667. The smallest absolute Gasteiger partial charge is 0.126 e. The Balaban J connectivity index is 1.92. The maximum absolute atomic E-state index is 13.3. The van der Waals surface area contributed by atoms with Crippen LogP contribution in [0.3, 0.4) is 0 Å². The lowest BCUT2D eigenvalue weighted by molar-refractivity contribution is 0.246. The minimum atomic E-state index is -0.0866. The van der Waals surface area contributed by atoms with E-state index in [4.69, 9.17) is 0 Å². The van der Waals surface area contributed by atoms with Gasteiger partial charge < -0.3 is 5.32 Å². The van der Waals surface area contributed by atoms with Crippen LogP contribution in [0.1, 0.15) is 56.6 Å². The maximum atomic E-state index is 13.3. The molecule has 0 spiro atoms. The van der Waals surface area contributed by atoms with E-state index in [9.17, 15) is 4.39 Å². The second-order valence-corrected chi connectivity index (χ2v) is 6.39. The van der Waals surface area contributed by atoms with E-state index in [1.165, 1.54) is 44.1 Å². The van der Waals surface area contributed by atoms with Crippen molar-refractivity contribution < 1.29 is 4.39 Å². The van der Waals surface area contributed by atoms with E-state index < -0.39 is 0 Å². The van der Waals surface area contributed by atoms with Crippen LogP contribution in [0.15, 0.2) is 18.2 Å². The highest BCUT2D eigenvalue weighted by atomic mass is 19.1. The van der Waals surface area contributed by atoms with E-state index in [1.54, 1.807) is 6.07 Å². The fourth-order valence-electron chi connectivity index (χ4n) is 3.55. The molecule has 1 saturated carbocycles. The fourth-order valence-corrected chi connectivity index (χ4v) is 3.55. The zero-order valence-electron chi connectivity index (χ0n) is 13.0. The number of rotatable bonds is 7. The summed E-state index contributed by atoms with van der Waals surface area (Å²) >= 11 is 0. The van der Waals surface area contributed by atoms with Crippen LogP contribution in [0.2, 0.25) is 0 Å². The first-order valence-corrected chi connectivity index (χ1v) is 8.11. The monoisotopic (exact) mass is 277 g/mol. The second-order valence-electron chi connectivity index (χ2n) is 6.39. The molecule has 1 aliphatic rings. The van der Waals surface area contributed by atoms with Gasteiger partial charge in [0.25, 0.3) is 0 Å². The van der Waals surface area contributed by atoms with Gasteiger partial charge in [0.1, 0.15) is 5.82 Å². The summed E-state index contributed by atoms with van der Waals surface area (Å²) in [6, 6.07) is 5.59. The summed E-state index contributed by atoms with van der Waals surface area (Å²) in [6.07, 6.45) is 9.15. The van der Waals surface area contributed by atoms with Crippen LogP contribution in [0.5, 0.6) is 0 Å². The average Bonchev–Trinajstić information content (AvgIpc) is 2.90. The molecule has 0 bridgehead atoms. The Morgan fingerprint density at radius 3 is 2.60 bits per heavy atom. The predicted octanol–water partition coefficient (Wildman–Crippen LogP) is 4.63. The molecule has 1 aliphatic carbocycles. The van der Waals surface area contributed by atoms with Gasteiger partial charge >= 0.3 is 0 Å². The van der Waals surface area contributed by atoms with Crippen LogP contribution in [0.25, 0.3) is 0 Å². The third-order valence-electron chi connectivity index (χ3n) is 4.91. The van der Waals surface area contributed by atoms with Crippen molar-refractivity contribution in [2.45, 2.75) is 58.8 Å². The van der Waals surface area contributed by atoms with Crippen molar-refractivity contribution in [2.24, 2.45) is 5.41 Å². The summed E-state index contributed by atoms with van der Waals surface area (Å²) in [6.45, 7) is 6.23. The van der Waals surface area contributed by atoms with Crippen molar-refractivity contribution in [1.82, 2.24) is 5.32 Å². The lowest BCUT2D eigenvalue weighted by atomic mass is 9.77. The molecule has 1 nitrogen and oxygen atoms in total. The molecular formula is C18H28FN. The van der Waals surface area contributed by atoms with Gasteiger partial charge in [-0.3, -0.25) is 0 Å². The van der Waals surface area contributed by atoms with Crippen LogP contribution in [-0.4, -0.2) is 13.1 Å². The normalized spacial score (nSPS) is 17.6. The molecule has 1 fully saturated rings. The average molecular weight is 277 g/mol. The van der Waals surface area contributed by atoms with Crippen LogP contribution in [0, 0.1) is 18.2 Å². The standard InChI is InChI=1S/C18H28FN/c1-3-20-13-12-18(9-4-5-10-18)11-8-16-6-7-17(19)15(2)14-16/h6-7,14,20H,3-5,8-13H2,1-2H3. The van der Waals surface area contributed by atoms with E-state index in [2.05, 4.69) is 12.2 Å². The predicted molar refractivity (Wildman–Crippen MR) is 83.5 cm³/mol. The highest BCUT2D eigenvalue weighted by Crippen LogP contribution is 2.44. The highest BCUT2D eigenvalue weighted by Gasteiger charge is 2.32. The van der Waals surface area contributed by atoms with E-state index in [-0.39, 0.29) is 5.82 Å². The Kier molecular flexibility index (Phi) is 5.59. The van der Waals surface area contributed by atoms with Crippen molar-refractivity contribution in [2.75, 3.05) is 13.1 Å². The zero-order valence-corrected chi connectivity index (χ0v) is 13.0. The van der Waals surface area contributed by atoms with E-state index in [0.717, 1.165) is 25.1 Å². The lowest BCUT2D eigenvalue weighted by Crippen LogP contribution is -2.25. The zero-order chi connectivity index (χ0) is 14.4. The maximum Gasteiger partial charge on any atom is 0.126 e. The summed E-state index contributed by atoms with van der Waals surface area (Å²) in [5, 5.41) is 3.47. The molecule has 0 atom stereocenters. The summed E-state index contributed by atoms with van der Waals surface area (Å²) in [5.41, 5.74) is 2.60. The third-order valence-corrected chi connectivity index (χ3v) is 4.91. The SMILES string of the molecule is CCNCCC1(CCc2ccc(F)c(C)c2)CCCC1. The number of hydrogen-bond acceptors (Lipinski definition) is 1. The molecule has 0 amide bonds. The molecule has 0 unspecified atom stereocenters. The van der Waals surface area contributed by atoms with Crippen molar-refractivity contribution in [3.05, 3.63) is 35.1 Å². The summed E-state index contributed by atoms with van der Waals surface area (Å²) < 4.78 is 13.3. The van der Waals surface area contributed by atoms with Gasteiger partial charge in [-0.15, -0.1) is 0 Å². The van der Waals surface area contributed by atoms with Gasteiger partial charge in [-0.1, -0.05) is 31.9 Å².